The van der Waals surface area contributed by atoms with Gasteiger partial charge in [-0.2, -0.15) is 4.31 Å². The first-order valence-electron chi connectivity index (χ1n) is 6.38. The molecule has 1 aromatic rings. The summed E-state index contributed by atoms with van der Waals surface area (Å²) in [6.45, 7) is 1.07. The second-order valence-electron chi connectivity index (χ2n) is 4.51. The molecule has 0 saturated carbocycles. The fourth-order valence-corrected chi connectivity index (χ4v) is 3.87. The van der Waals surface area contributed by atoms with Gasteiger partial charge in [-0.05, 0) is 25.0 Å². The number of piperidine rings is 1. The molecule has 1 aliphatic heterocycles. The number of rotatable bonds is 5. The summed E-state index contributed by atoms with van der Waals surface area (Å²) < 4.78 is 31.7. The number of hydrogen-bond donors (Lipinski definition) is 1. The minimum atomic E-state index is -3.52. The zero-order valence-electron chi connectivity index (χ0n) is 10.9. The highest BCUT2D eigenvalue weighted by Gasteiger charge is 2.29. The summed E-state index contributed by atoms with van der Waals surface area (Å²) in [5.41, 5.74) is 0. The Kier molecular flexibility index (Phi) is 5.34. The second kappa shape index (κ2) is 6.82. The van der Waals surface area contributed by atoms with Gasteiger partial charge in [-0.1, -0.05) is 11.6 Å². The van der Waals surface area contributed by atoms with Gasteiger partial charge in [0.1, 0.15) is 5.15 Å². The zero-order chi connectivity index (χ0) is 14.6. The molecular formula is C12H17ClN2O4S. The Bertz CT molecular complexity index is 544. The van der Waals surface area contributed by atoms with E-state index < -0.39 is 10.0 Å². The van der Waals surface area contributed by atoms with Crippen molar-refractivity contribution < 1.29 is 18.3 Å². The van der Waals surface area contributed by atoms with Crippen molar-refractivity contribution in [1.82, 2.24) is 9.29 Å². The predicted octanol–water partition coefficient (Wildman–Crippen LogP) is 0.897. The Hall–Kier alpha value is -0.730. The van der Waals surface area contributed by atoms with Crippen LogP contribution in [0, 0.1) is 0 Å². The van der Waals surface area contributed by atoms with E-state index in [2.05, 4.69) is 4.98 Å². The van der Waals surface area contributed by atoms with Gasteiger partial charge in [0.15, 0.2) is 0 Å². The molecule has 0 spiro atoms. The molecule has 0 atom stereocenters. The molecule has 1 aliphatic rings. The van der Waals surface area contributed by atoms with Gasteiger partial charge in [0.25, 0.3) is 0 Å². The van der Waals surface area contributed by atoms with Crippen LogP contribution in [0.15, 0.2) is 23.2 Å². The lowest BCUT2D eigenvalue weighted by Crippen LogP contribution is -2.41. The molecule has 2 rings (SSSR count). The number of pyridine rings is 1. The minimum Gasteiger partial charge on any atom is -0.394 e. The highest BCUT2D eigenvalue weighted by atomic mass is 35.5. The monoisotopic (exact) mass is 320 g/mol. The first-order valence-corrected chi connectivity index (χ1v) is 8.20. The minimum absolute atomic E-state index is 0.00891. The summed E-state index contributed by atoms with van der Waals surface area (Å²) in [6, 6.07) is 2.79. The molecule has 112 valence electrons. The average molecular weight is 321 g/mol. The zero-order valence-corrected chi connectivity index (χ0v) is 12.5. The van der Waals surface area contributed by atoms with Crippen LogP contribution >= 0.6 is 11.6 Å². The topological polar surface area (TPSA) is 79.7 Å². The molecule has 20 heavy (non-hydrogen) atoms. The van der Waals surface area contributed by atoms with Crippen LogP contribution in [0.3, 0.4) is 0 Å². The maximum Gasteiger partial charge on any atom is 0.243 e. The summed E-state index contributed by atoms with van der Waals surface area (Å²) in [7, 11) is -3.52. The van der Waals surface area contributed by atoms with Crippen LogP contribution in [0.4, 0.5) is 0 Å². The molecule has 2 heterocycles. The maximum atomic E-state index is 12.4. The summed E-state index contributed by atoms with van der Waals surface area (Å²) in [5, 5.41) is 8.86. The molecule has 1 aromatic heterocycles. The average Bonchev–Trinajstić information content (AvgIpc) is 2.45. The summed E-state index contributed by atoms with van der Waals surface area (Å²) in [5.74, 6) is 0. The number of nitrogens with zero attached hydrogens (tertiary/aromatic N) is 2. The smallest absolute Gasteiger partial charge is 0.243 e. The van der Waals surface area contributed by atoms with E-state index >= 15 is 0 Å². The van der Waals surface area contributed by atoms with Crippen molar-refractivity contribution in [2.75, 3.05) is 26.3 Å². The van der Waals surface area contributed by atoms with E-state index in [1.165, 1.54) is 22.6 Å². The van der Waals surface area contributed by atoms with Crippen LogP contribution in [0.2, 0.25) is 5.15 Å². The van der Waals surface area contributed by atoms with Crippen molar-refractivity contribution in [1.29, 1.82) is 0 Å². The van der Waals surface area contributed by atoms with Crippen LogP contribution in [-0.4, -0.2) is 55.2 Å². The van der Waals surface area contributed by atoms with E-state index in [1.54, 1.807) is 0 Å². The van der Waals surface area contributed by atoms with Gasteiger partial charge < -0.3 is 9.84 Å². The number of hydrogen-bond acceptors (Lipinski definition) is 5. The molecule has 1 fully saturated rings. The first kappa shape index (κ1) is 15.7. The van der Waals surface area contributed by atoms with E-state index in [0.717, 1.165) is 0 Å². The molecule has 0 radical (unpaired) electrons. The summed E-state index contributed by atoms with van der Waals surface area (Å²) in [6.07, 6.45) is 2.64. The van der Waals surface area contributed by atoms with Crippen LogP contribution in [0.25, 0.3) is 0 Å². The van der Waals surface area contributed by atoms with Crippen LogP contribution in [0.5, 0.6) is 0 Å². The third-order valence-electron chi connectivity index (χ3n) is 3.18. The Morgan fingerprint density at radius 1 is 1.45 bits per heavy atom. The fourth-order valence-electron chi connectivity index (χ4n) is 2.15. The lowest BCUT2D eigenvalue weighted by atomic mass is 10.1. The molecule has 0 bridgehead atoms. The molecule has 0 aliphatic carbocycles. The maximum absolute atomic E-state index is 12.4. The standard InChI is InChI=1S/C12H17ClN2O4S/c13-12-9-11(1-4-14-12)20(17,18)15-5-2-10(3-6-15)19-8-7-16/h1,4,9-10,16H,2-3,5-8H2. The van der Waals surface area contributed by atoms with E-state index in [1.807, 2.05) is 0 Å². The fraction of sp³-hybridized carbons (Fsp3) is 0.583. The quantitative estimate of drug-likeness (QED) is 0.815. The Morgan fingerprint density at radius 3 is 2.75 bits per heavy atom. The molecule has 0 aromatic carbocycles. The summed E-state index contributed by atoms with van der Waals surface area (Å²) in [4.78, 5) is 3.94. The number of sulfonamides is 1. The number of aromatic nitrogens is 1. The van der Waals surface area contributed by atoms with Crippen molar-refractivity contribution >= 4 is 21.6 Å². The van der Waals surface area contributed by atoms with Gasteiger partial charge in [0.05, 0.1) is 24.2 Å². The Morgan fingerprint density at radius 2 is 2.15 bits per heavy atom. The normalized spacial score (nSPS) is 18.3. The van der Waals surface area contributed by atoms with Crippen molar-refractivity contribution in [3.8, 4) is 0 Å². The van der Waals surface area contributed by atoms with Gasteiger partial charge in [-0.25, -0.2) is 13.4 Å². The molecule has 6 nitrogen and oxygen atoms in total. The molecule has 0 unspecified atom stereocenters. The van der Waals surface area contributed by atoms with Crippen LogP contribution in [-0.2, 0) is 14.8 Å². The van der Waals surface area contributed by atoms with Crippen molar-refractivity contribution in [3.05, 3.63) is 23.5 Å². The number of aliphatic hydroxyl groups is 1. The molecule has 0 amide bonds. The third kappa shape index (κ3) is 3.67. The Labute approximate surface area is 123 Å². The Balaban J connectivity index is 2.02. The predicted molar refractivity (Wildman–Crippen MR) is 74.1 cm³/mol. The lowest BCUT2D eigenvalue weighted by molar-refractivity contribution is 0.00318. The number of halogens is 1. The van der Waals surface area contributed by atoms with Gasteiger partial charge in [-0.3, -0.25) is 0 Å². The van der Waals surface area contributed by atoms with E-state index in [0.29, 0.717) is 25.9 Å². The molecular weight excluding hydrogens is 304 g/mol. The molecule has 1 saturated heterocycles. The second-order valence-corrected chi connectivity index (χ2v) is 6.84. The van der Waals surface area contributed by atoms with E-state index in [9.17, 15) is 8.42 Å². The number of ether oxygens (including phenoxy) is 1. The highest BCUT2D eigenvalue weighted by Crippen LogP contribution is 2.23. The van der Waals surface area contributed by atoms with Crippen LogP contribution < -0.4 is 0 Å². The van der Waals surface area contributed by atoms with Gasteiger partial charge >= 0.3 is 0 Å². The van der Waals surface area contributed by atoms with E-state index in [4.69, 9.17) is 21.4 Å². The summed E-state index contributed by atoms with van der Waals surface area (Å²) >= 11 is 5.73. The SMILES string of the molecule is O=S(=O)(c1ccnc(Cl)c1)N1CCC(OCCO)CC1. The van der Waals surface area contributed by atoms with Crippen LogP contribution in [0.1, 0.15) is 12.8 Å². The van der Waals surface area contributed by atoms with Gasteiger partial charge in [0.2, 0.25) is 10.0 Å². The van der Waals surface area contributed by atoms with Crippen molar-refractivity contribution in [2.45, 2.75) is 23.8 Å². The largest absolute Gasteiger partial charge is 0.394 e. The van der Waals surface area contributed by atoms with Gasteiger partial charge in [-0.15, -0.1) is 0 Å². The van der Waals surface area contributed by atoms with Crippen molar-refractivity contribution in [3.63, 3.8) is 0 Å². The van der Waals surface area contributed by atoms with Crippen molar-refractivity contribution in [2.24, 2.45) is 0 Å². The lowest BCUT2D eigenvalue weighted by Gasteiger charge is -2.31. The van der Waals surface area contributed by atoms with Gasteiger partial charge in [0, 0.05) is 19.3 Å². The molecule has 1 N–H and O–H groups in total. The number of aliphatic hydroxyl groups excluding tert-OH is 1. The van der Waals surface area contributed by atoms with E-state index in [-0.39, 0.29) is 29.4 Å². The third-order valence-corrected chi connectivity index (χ3v) is 5.28. The molecule has 8 heteroatoms. The highest BCUT2D eigenvalue weighted by molar-refractivity contribution is 7.89. The first-order chi connectivity index (χ1) is 9.54.